The summed E-state index contributed by atoms with van der Waals surface area (Å²) in [6, 6.07) is 52.3. The van der Waals surface area contributed by atoms with Gasteiger partial charge in [-0.2, -0.15) is 0 Å². The van der Waals surface area contributed by atoms with Crippen LogP contribution in [0.15, 0.2) is 146 Å². The van der Waals surface area contributed by atoms with Crippen molar-refractivity contribution in [1.29, 1.82) is 0 Å². The Kier molecular flexibility index (Phi) is 6.45. The average molecular weight is 698 g/mol. The van der Waals surface area contributed by atoms with Gasteiger partial charge >= 0.3 is 0 Å². The van der Waals surface area contributed by atoms with Crippen LogP contribution in [0.3, 0.4) is 0 Å². The van der Waals surface area contributed by atoms with Gasteiger partial charge in [-0.25, -0.2) is 15.0 Å². The minimum Gasteiger partial charge on any atom is -0.309 e. The molecule has 0 atom stereocenters. The quantitative estimate of drug-likeness (QED) is 0.180. The fraction of sp³-hybridized carbons (Fsp3) is 0.204. The van der Waals surface area contributed by atoms with E-state index in [1.165, 1.54) is 82.1 Å². The van der Waals surface area contributed by atoms with Gasteiger partial charge < -0.3 is 9.13 Å². The number of para-hydroxylation sites is 4. The summed E-state index contributed by atoms with van der Waals surface area (Å²) in [5.41, 5.74) is 9.08. The highest BCUT2D eigenvalue weighted by molar-refractivity contribution is 6.26. The molecule has 4 bridgehead atoms. The standard InChI is InChI=1S/C49H39N5/c1-3-13-34(14-4-1)46-50-47(52-48(51-46)49-28-31-25-32(29-49)27-33(26-31)30-49)39-19-9-12-22-42(39)54-40-20-10-7-17-36(40)37-23-24-43-44(45(37)54)38-18-8-11-21-41(38)53(43)35-15-5-2-6-16-35/h1-24,31-33H,25-30H2. The van der Waals surface area contributed by atoms with E-state index in [1.807, 2.05) is 0 Å². The number of aromatic nitrogens is 5. The molecule has 4 saturated carbocycles. The largest absolute Gasteiger partial charge is 0.309 e. The van der Waals surface area contributed by atoms with Crippen LogP contribution >= 0.6 is 0 Å². The van der Waals surface area contributed by atoms with Gasteiger partial charge in [-0.15, -0.1) is 0 Å². The minimum atomic E-state index is 0.0309. The highest BCUT2D eigenvalue weighted by Crippen LogP contribution is 2.60. The van der Waals surface area contributed by atoms with Gasteiger partial charge in [0.15, 0.2) is 11.6 Å². The van der Waals surface area contributed by atoms with Crippen molar-refractivity contribution in [2.45, 2.75) is 43.9 Å². The van der Waals surface area contributed by atoms with Crippen molar-refractivity contribution in [3.63, 3.8) is 0 Å². The average Bonchev–Trinajstić information content (AvgIpc) is 3.74. The number of hydrogen-bond acceptors (Lipinski definition) is 3. The lowest BCUT2D eigenvalue weighted by Gasteiger charge is -2.56. The highest BCUT2D eigenvalue weighted by atomic mass is 15.1. The smallest absolute Gasteiger partial charge is 0.165 e. The summed E-state index contributed by atoms with van der Waals surface area (Å²) in [7, 11) is 0. The van der Waals surface area contributed by atoms with E-state index in [-0.39, 0.29) is 5.41 Å². The molecule has 4 aliphatic rings. The van der Waals surface area contributed by atoms with Crippen molar-refractivity contribution in [2.75, 3.05) is 0 Å². The summed E-state index contributed by atoms with van der Waals surface area (Å²) in [4.78, 5) is 16.3. The van der Waals surface area contributed by atoms with Gasteiger partial charge in [-0.3, -0.25) is 0 Å². The predicted octanol–water partition coefficient (Wildman–Crippen LogP) is 11.9. The van der Waals surface area contributed by atoms with Crippen LogP contribution in [0.25, 0.3) is 77.8 Å². The number of hydrogen-bond donors (Lipinski definition) is 0. The summed E-state index contributed by atoms with van der Waals surface area (Å²) < 4.78 is 4.90. The molecule has 260 valence electrons. The lowest BCUT2D eigenvalue weighted by atomic mass is 9.49. The Hall–Kier alpha value is -6.07. The van der Waals surface area contributed by atoms with E-state index in [9.17, 15) is 0 Å². The third kappa shape index (κ3) is 4.41. The van der Waals surface area contributed by atoms with E-state index < -0.39 is 0 Å². The lowest BCUT2D eigenvalue weighted by Crippen LogP contribution is -2.49. The van der Waals surface area contributed by atoms with E-state index in [2.05, 4.69) is 155 Å². The molecule has 0 unspecified atom stereocenters. The molecule has 6 aromatic carbocycles. The predicted molar refractivity (Wildman–Crippen MR) is 219 cm³/mol. The Morgan fingerprint density at radius 3 is 1.80 bits per heavy atom. The van der Waals surface area contributed by atoms with E-state index in [1.54, 1.807) is 0 Å². The van der Waals surface area contributed by atoms with Gasteiger partial charge in [0.2, 0.25) is 0 Å². The van der Waals surface area contributed by atoms with Crippen LogP contribution in [-0.4, -0.2) is 24.1 Å². The maximum atomic E-state index is 5.57. The molecule has 0 amide bonds. The zero-order valence-electron chi connectivity index (χ0n) is 30.1. The van der Waals surface area contributed by atoms with Crippen LogP contribution < -0.4 is 0 Å². The van der Waals surface area contributed by atoms with Crippen molar-refractivity contribution in [2.24, 2.45) is 17.8 Å². The Morgan fingerprint density at radius 1 is 0.463 bits per heavy atom. The summed E-state index contributed by atoms with van der Waals surface area (Å²) in [5.74, 6) is 4.92. The zero-order valence-corrected chi connectivity index (χ0v) is 30.1. The first-order valence-electron chi connectivity index (χ1n) is 19.6. The van der Waals surface area contributed by atoms with Gasteiger partial charge in [0.1, 0.15) is 5.82 Å². The van der Waals surface area contributed by atoms with Crippen LogP contribution in [-0.2, 0) is 5.41 Å². The molecule has 4 fully saturated rings. The molecule has 0 saturated heterocycles. The summed E-state index contributed by atoms with van der Waals surface area (Å²) in [5, 5.41) is 4.95. The van der Waals surface area contributed by atoms with Crippen LogP contribution in [0.5, 0.6) is 0 Å². The summed E-state index contributed by atoms with van der Waals surface area (Å²) >= 11 is 0. The van der Waals surface area contributed by atoms with Crippen LogP contribution in [0.4, 0.5) is 0 Å². The second-order valence-corrected chi connectivity index (χ2v) is 16.3. The van der Waals surface area contributed by atoms with Crippen molar-refractivity contribution in [3.8, 4) is 34.2 Å². The Balaban J connectivity index is 1.16. The molecular formula is C49H39N5. The van der Waals surface area contributed by atoms with Crippen LogP contribution in [0.2, 0.25) is 0 Å². The first kappa shape index (κ1) is 30.4. The molecule has 0 spiro atoms. The number of benzene rings is 6. The summed E-state index contributed by atoms with van der Waals surface area (Å²) in [6.45, 7) is 0. The second kappa shape index (κ2) is 11.5. The van der Waals surface area contributed by atoms with Crippen molar-refractivity contribution in [1.82, 2.24) is 24.1 Å². The molecule has 4 aliphatic carbocycles. The Labute approximate surface area is 314 Å². The van der Waals surface area contributed by atoms with Gasteiger partial charge in [0, 0.05) is 43.8 Å². The van der Waals surface area contributed by atoms with Gasteiger partial charge in [-0.1, -0.05) is 103 Å². The first-order valence-corrected chi connectivity index (χ1v) is 19.6. The van der Waals surface area contributed by atoms with Gasteiger partial charge in [0.05, 0.1) is 27.8 Å². The van der Waals surface area contributed by atoms with E-state index in [4.69, 9.17) is 15.0 Å². The van der Waals surface area contributed by atoms with E-state index >= 15 is 0 Å². The summed E-state index contributed by atoms with van der Waals surface area (Å²) in [6.07, 6.45) is 7.76. The molecule has 9 aromatic rings. The Morgan fingerprint density at radius 2 is 1.06 bits per heavy atom. The van der Waals surface area contributed by atoms with Crippen molar-refractivity contribution >= 4 is 43.6 Å². The van der Waals surface area contributed by atoms with Crippen molar-refractivity contribution < 1.29 is 0 Å². The monoisotopic (exact) mass is 697 g/mol. The number of nitrogens with zero attached hydrogens (tertiary/aromatic N) is 5. The van der Waals surface area contributed by atoms with Crippen LogP contribution in [0.1, 0.15) is 44.3 Å². The first-order chi connectivity index (χ1) is 26.7. The van der Waals surface area contributed by atoms with Gasteiger partial charge in [0.25, 0.3) is 0 Å². The molecule has 0 N–H and O–H groups in total. The third-order valence-electron chi connectivity index (χ3n) is 13.1. The normalized spacial score (nSPS) is 21.9. The highest BCUT2D eigenvalue weighted by Gasteiger charge is 2.53. The fourth-order valence-electron chi connectivity index (χ4n) is 11.3. The molecule has 54 heavy (non-hydrogen) atoms. The Bertz CT molecular complexity index is 2880. The molecule has 13 rings (SSSR count). The maximum absolute atomic E-state index is 5.57. The number of fused-ring (bicyclic) bond motifs is 7. The number of rotatable bonds is 5. The second-order valence-electron chi connectivity index (χ2n) is 16.3. The lowest BCUT2D eigenvalue weighted by molar-refractivity contribution is -0.00938. The topological polar surface area (TPSA) is 48.5 Å². The van der Waals surface area contributed by atoms with Crippen LogP contribution in [0, 0.1) is 17.8 Å². The van der Waals surface area contributed by atoms with Crippen molar-refractivity contribution in [3.05, 3.63) is 151 Å². The zero-order chi connectivity index (χ0) is 35.4. The maximum Gasteiger partial charge on any atom is 0.165 e. The molecule has 0 aliphatic heterocycles. The molecular weight excluding hydrogens is 659 g/mol. The van der Waals surface area contributed by atoms with E-state index in [0.29, 0.717) is 0 Å². The molecule has 5 nitrogen and oxygen atoms in total. The van der Waals surface area contributed by atoms with Gasteiger partial charge in [-0.05, 0) is 98.7 Å². The van der Waals surface area contributed by atoms with E-state index in [0.717, 1.165) is 57.7 Å². The molecule has 5 heteroatoms. The SMILES string of the molecule is c1ccc(-c2nc(-c3ccccc3-n3c4ccccc4c4ccc5c(c6ccccc6n5-c5ccccc5)c43)nc(C34CC5CC(CC(C5)C3)C4)n2)cc1. The molecule has 3 heterocycles. The minimum absolute atomic E-state index is 0.0309. The molecule has 3 aromatic heterocycles. The fourth-order valence-corrected chi connectivity index (χ4v) is 11.3. The third-order valence-corrected chi connectivity index (χ3v) is 13.1. The molecule has 0 radical (unpaired) electrons.